The van der Waals surface area contributed by atoms with Crippen LogP contribution in [-0.2, 0) is 20.8 Å². The Kier molecular flexibility index (Phi) is 3.26. The number of rotatable bonds is 3. The minimum absolute atomic E-state index is 0.124. The lowest BCUT2D eigenvalue weighted by Gasteiger charge is -2.18. The molecule has 1 saturated heterocycles. The quantitative estimate of drug-likeness (QED) is 0.684. The number of carbonyl (C=O) groups excluding carboxylic acids is 3. The maximum Gasteiger partial charge on any atom is 0.252 e. The minimum Gasteiger partial charge on any atom is -0.273 e. The number of benzene rings is 2. The summed E-state index contributed by atoms with van der Waals surface area (Å²) in [4.78, 5) is 37.8. The van der Waals surface area contributed by atoms with Crippen LogP contribution in [0.2, 0.25) is 0 Å². The van der Waals surface area contributed by atoms with Crippen molar-refractivity contribution >= 4 is 28.5 Å². The SMILES string of the molecule is O=C(Cc1cccc2ccccc12)NN1C(=O)C2C3C=CC(C3)C2C1=O. The highest BCUT2D eigenvalue weighted by atomic mass is 16.2. The normalized spacial score (nSPS) is 28.8. The van der Waals surface area contributed by atoms with Crippen LogP contribution in [0.4, 0.5) is 0 Å². The first-order chi connectivity index (χ1) is 12.6. The second-order valence-electron chi connectivity index (χ2n) is 7.36. The lowest BCUT2D eigenvalue weighted by molar-refractivity contribution is -0.149. The first-order valence-corrected chi connectivity index (χ1v) is 8.96. The molecule has 130 valence electrons. The van der Waals surface area contributed by atoms with E-state index < -0.39 is 0 Å². The predicted molar refractivity (Wildman–Crippen MR) is 95.4 cm³/mol. The Bertz CT molecular complexity index is 945. The molecule has 1 saturated carbocycles. The standard InChI is InChI=1S/C21H18N2O3/c24-17(11-13-6-3-5-12-4-1-2-7-16(12)13)22-23-20(25)18-14-8-9-15(10-14)19(18)21(23)26/h1-9,14-15,18-19H,10-11H2,(H,22,24). The molecule has 0 spiro atoms. The molecule has 3 aliphatic rings. The van der Waals surface area contributed by atoms with Crippen LogP contribution in [0, 0.1) is 23.7 Å². The molecule has 5 heteroatoms. The number of carbonyl (C=O) groups is 3. The monoisotopic (exact) mass is 346 g/mol. The maximum absolute atomic E-state index is 12.6. The molecule has 2 bridgehead atoms. The summed E-state index contributed by atoms with van der Waals surface area (Å²) in [6, 6.07) is 13.6. The summed E-state index contributed by atoms with van der Waals surface area (Å²) < 4.78 is 0. The highest BCUT2D eigenvalue weighted by Gasteiger charge is 2.59. The van der Waals surface area contributed by atoms with Gasteiger partial charge < -0.3 is 0 Å². The number of nitrogens with one attached hydrogen (secondary N) is 1. The third-order valence-electron chi connectivity index (χ3n) is 5.94. The number of nitrogens with zero attached hydrogens (tertiary/aromatic N) is 1. The van der Waals surface area contributed by atoms with E-state index in [1.807, 2.05) is 54.6 Å². The third kappa shape index (κ3) is 2.13. The van der Waals surface area contributed by atoms with E-state index in [2.05, 4.69) is 5.43 Å². The first-order valence-electron chi connectivity index (χ1n) is 8.96. The fraction of sp³-hybridized carbons (Fsp3) is 0.286. The van der Waals surface area contributed by atoms with E-state index in [4.69, 9.17) is 0 Å². The Morgan fingerprint density at radius 1 is 0.962 bits per heavy atom. The summed E-state index contributed by atoms with van der Waals surface area (Å²) in [5.74, 6) is -1.18. The van der Waals surface area contributed by atoms with Crippen LogP contribution in [0.15, 0.2) is 54.6 Å². The molecule has 4 atom stereocenters. The zero-order valence-electron chi connectivity index (χ0n) is 14.1. The molecule has 1 heterocycles. The lowest BCUT2D eigenvalue weighted by Crippen LogP contribution is -2.47. The van der Waals surface area contributed by atoms with Crippen LogP contribution >= 0.6 is 0 Å². The van der Waals surface area contributed by atoms with E-state index in [-0.39, 0.29) is 47.8 Å². The zero-order chi connectivity index (χ0) is 17.8. The number of allylic oxidation sites excluding steroid dienone is 2. The van der Waals surface area contributed by atoms with E-state index in [0.29, 0.717) is 0 Å². The second kappa shape index (κ2) is 5.53. The van der Waals surface area contributed by atoms with Crippen molar-refractivity contribution < 1.29 is 14.4 Å². The summed E-state index contributed by atoms with van der Waals surface area (Å²) in [5.41, 5.74) is 3.43. The molecule has 3 amide bonds. The molecule has 4 unspecified atom stereocenters. The topological polar surface area (TPSA) is 66.5 Å². The molecular formula is C21H18N2O3. The van der Waals surface area contributed by atoms with Crippen LogP contribution in [0.5, 0.6) is 0 Å². The van der Waals surface area contributed by atoms with Gasteiger partial charge in [0.05, 0.1) is 18.3 Å². The molecule has 0 aromatic heterocycles. The molecule has 1 aliphatic heterocycles. The maximum atomic E-state index is 12.6. The van der Waals surface area contributed by atoms with E-state index in [9.17, 15) is 14.4 Å². The summed E-state index contributed by atoms with van der Waals surface area (Å²) in [7, 11) is 0. The molecule has 2 aliphatic carbocycles. The molecule has 1 N–H and O–H groups in total. The van der Waals surface area contributed by atoms with Gasteiger partial charge in [-0.3, -0.25) is 19.8 Å². The smallest absolute Gasteiger partial charge is 0.252 e. The van der Waals surface area contributed by atoms with Gasteiger partial charge in [-0.1, -0.05) is 54.6 Å². The third-order valence-corrected chi connectivity index (χ3v) is 5.94. The average Bonchev–Trinajstić information content (AvgIpc) is 3.32. The number of imide groups is 1. The molecule has 5 rings (SSSR count). The van der Waals surface area contributed by atoms with Gasteiger partial charge in [0.25, 0.3) is 11.8 Å². The Hall–Kier alpha value is -2.95. The van der Waals surface area contributed by atoms with Gasteiger partial charge >= 0.3 is 0 Å². The van der Waals surface area contributed by atoms with Crippen molar-refractivity contribution in [1.29, 1.82) is 0 Å². The number of amides is 3. The van der Waals surface area contributed by atoms with Gasteiger partial charge in [-0.15, -0.1) is 0 Å². The van der Waals surface area contributed by atoms with Crippen molar-refractivity contribution in [2.24, 2.45) is 23.7 Å². The summed E-state index contributed by atoms with van der Waals surface area (Å²) in [6.07, 6.45) is 5.08. The lowest BCUT2D eigenvalue weighted by atomic mass is 9.85. The average molecular weight is 346 g/mol. The molecule has 2 fully saturated rings. The van der Waals surface area contributed by atoms with Crippen LogP contribution in [-0.4, -0.2) is 22.7 Å². The van der Waals surface area contributed by atoms with Crippen molar-refractivity contribution in [1.82, 2.24) is 10.4 Å². The van der Waals surface area contributed by atoms with Crippen molar-refractivity contribution in [3.05, 3.63) is 60.2 Å². The van der Waals surface area contributed by atoms with Gasteiger partial charge in [-0.25, -0.2) is 0 Å². The molecule has 26 heavy (non-hydrogen) atoms. The largest absolute Gasteiger partial charge is 0.273 e. The zero-order valence-corrected chi connectivity index (χ0v) is 14.1. The van der Waals surface area contributed by atoms with Gasteiger partial charge in [-0.2, -0.15) is 5.01 Å². The van der Waals surface area contributed by atoms with Gasteiger partial charge in [0, 0.05) is 0 Å². The molecule has 0 radical (unpaired) electrons. The number of hydrazine groups is 1. The van der Waals surface area contributed by atoms with Crippen molar-refractivity contribution in [3.63, 3.8) is 0 Å². The van der Waals surface area contributed by atoms with Crippen molar-refractivity contribution in [2.75, 3.05) is 0 Å². The fourth-order valence-corrected chi connectivity index (χ4v) is 4.80. The Labute approximate surface area is 150 Å². The Balaban J connectivity index is 1.35. The number of hydrogen-bond acceptors (Lipinski definition) is 3. The van der Waals surface area contributed by atoms with Crippen LogP contribution < -0.4 is 5.43 Å². The molecule has 2 aromatic rings. The summed E-state index contributed by atoms with van der Waals surface area (Å²) in [5, 5.41) is 3.03. The van der Waals surface area contributed by atoms with Gasteiger partial charge in [-0.05, 0) is 34.6 Å². The number of hydrogen-bond donors (Lipinski definition) is 1. The van der Waals surface area contributed by atoms with E-state index >= 15 is 0 Å². The van der Waals surface area contributed by atoms with Gasteiger partial charge in [0.15, 0.2) is 0 Å². The van der Waals surface area contributed by atoms with Gasteiger partial charge in [0.2, 0.25) is 5.91 Å². The predicted octanol–water partition coefficient (Wildman–Crippen LogP) is 2.22. The fourth-order valence-electron chi connectivity index (χ4n) is 4.80. The van der Waals surface area contributed by atoms with Crippen LogP contribution in [0.1, 0.15) is 12.0 Å². The van der Waals surface area contributed by atoms with E-state index in [1.54, 1.807) is 0 Å². The van der Waals surface area contributed by atoms with E-state index in [1.165, 1.54) is 0 Å². The highest BCUT2D eigenvalue weighted by molar-refractivity contribution is 6.07. The Morgan fingerprint density at radius 3 is 2.35 bits per heavy atom. The van der Waals surface area contributed by atoms with Crippen molar-refractivity contribution in [3.8, 4) is 0 Å². The summed E-state index contributed by atoms with van der Waals surface area (Å²) >= 11 is 0. The molecule has 5 nitrogen and oxygen atoms in total. The Morgan fingerprint density at radius 2 is 1.62 bits per heavy atom. The van der Waals surface area contributed by atoms with Crippen molar-refractivity contribution in [2.45, 2.75) is 12.8 Å². The van der Waals surface area contributed by atoms with Crippen LogP contribution in [0.3, 0.4) is 0 Å². The summed E-state index contributed by atoms with van der Waals surface area (Å²) in [6.45, 7) is 0. The van der Waals surface area contributed by atoms with Gasteiger partial charge in [0.1, 0.15) is 0 Å². The minimum atomic E-state index is -0.344. The van der Waals surface area contributed by atoms with E-state index in [0.717, 1.165) is 27.8 Å². The highest BCUT2D eigenvalue weighted by Crippen LogP contribution is 2.52. The van der Waals surface area contributed by atoms with Crippen LogP contribution in [0.25, 0.3) is 10.8 Å². The first kappa shape index (κ1) is 15.3. The molecular weight excluding hydrogens is 328 g/mol. The number of fused-ring (bicyclic) bond motifs is 6. The second-order valence-corrected chi connectivity index (χ2v) is 7.36. The molecule has 2 aromatic carbocycles.